The lowest BCUT2D eigenvalue weighted by Gasteiger charge is -2.28. The van der Waals surface area contributed by atoms with E-state index in [-0.39, 0.29) is 0 Å². The van der Waals surface area contributed by atoms with Gasteiger partial charge in [0.2, 0.25) is 0 Å². The number of rotatable bonds is 4. The van der Waals surface area contributed by atoms with Crippen LogP contribution in [-0.2, 0) is 17.8 Å². The molecule has 0 radical (unpaired) electrons. The van der Waals surface area contributed by atoms with Crippen molar-refractivity contribution in [3.05, 3.63) is 35.4 Å². The summed E-state index contributed by atoms with van der Waals surface area (Å²) in [6, 6.07) is 8.61. The van der Waals surface area contributed by atoms with Crippen LogP contribution in [0.15, 0.2) is 24.3 Å². The zero-order valence-corrected chi connectivity index (χ0v) is 9.91. The van der Waals surface area contributed by atoms with Crippen LogP contribution in [0.25, 0.3) is 0 Å². The molecule has 1 aliphatic heterocycles. The lowest BCUT2D eigenvalue weighted by Crippen LogP contribution is -2.32. The fourth-order valence-corrected chi connectivity index (χ4v) is 2.20. The fraction of sp³-hybridized carbons (Fsp3) is 0.500. The molecule has 1 aromatic rings. The van der Waals surface area contributed by atoms with Crippen molar-refractivity contribution in [2.75, 3.05) is 13.1 Å². The first-order valence-electron chi connectivity index (χ1n) is 6.10. The Morgan fingerprint density at radius 1 is 1.31 bits per heavy atom. The number of hydrogen-bond donors (Lipinski definition) is 0. The molecule has 0 amide bonds. The molecule has 0 aliphatic carbocycles. The Kier molecular flexibility index (Phi) is 3.73. The van der Waals surface area contributed by atoms with Gasteiger partial charge in [-0.05, 0) is 17.5 Å². The van der Waals surface area contributed by atoms with Crippen molar-refractivity contribution in [3.63, 3.8) is 0 Å². The molecule has 2 heteroatoms. The van der Waals surface area contributed by atoms with Gasteiger partial charge in [-0.2, -0.15) is 0 Å². The lowest BCUT2D eigenvalue weighted by atomic mass is 10.00. The SMILES string of the molecule is CCC(=O)CCN1CCc2ccccc2C1. The van der Waals surface area contributed by atoms with Crippen molar-refractivity contribution in [1.82, 2.24) is 4.90 Å². The van der Waals surface area contributed by atoms with Crippen LogP contribution in [0.3, 0.4) is 0 Å². The topological polar surface area (TPSA) is 20.3 Å². The van der Waals surface area contributed by atoms with E-state index in [2.05, 4.69) is 29.2 Å². The second-order valence-electron chi connectivity index (χ2n) is 4.44. The standard InChI is InChI=1S/C14H19NO/c1-2-14(16)8-10-15-9-7-12-5-3-4-6-13(12)11-15/h3-6H,2,7-11H2,1H3. The molecule has 0 saturated carbocycles. The van der Waals surface area contributed by atoms with Crippen LogP contribution in [0.2, 0.25) is 0 Å². The molecule has 2 nitrogen and oxygen atoms in total. The van der Waals surface area contributed by atoms with E-state index in [9.17, 15) is 4.79 Å². The summed E-state index contributed by atoms with van der Waals surface area (Å²) in [5, 5.41) is 0. The molecule has 0 fully saturated rings. The van der Waals surface area contributed by atoms with Crippen molar-refractivity contribution in [1.29, 1.82) is 0 Å². The van der Waals surface area contributed by atoms with E-state index in [1.54, 1.807) is 0 Å². The molecule has 86 valence electrons. The Labute approximate surface area is 97.3 Å². The van der Waals surface area contributed by atoms with E-state index in [4.69, 9.17) is 0 Å². The van der Waals surface area contributed by atoms with E-state index >= 15 is 0 Å². The summed E-state index contributed by atoms with van der Waals surface area (Å²) in [6.07, 6.45) is 2.50. The molecule has 0 spiro atoms. The van der Waals surface area contributed by atoms with E-state index in [0.717, 1.165) is 26.1 Å². The first-order chi connectivity index (χ1) is 7.79. The Morgan fingerprint density at radius 2 is 2.06 bits per heavy atom. The molecule has 0 atom stereocenters. The van der Waals surface area contributed by atoms with Crippen LogP contribution in [0.4, 0.5) is 0 Å². The monoisotopic (exact) mass is 217 g/mol. The number of benzene rings is 1. The highest BCUT2D eigenvalue weighted by molar-refractivity contribution is 5.78. The van der Waals surface area contributed by atoms with Crippen molar-refractivity contribution in [2.24, 2.45) is 0 Å². The molecule has 0 bridgehead atoms. The molecule has 2 rings (SSSR count). The maximum Gasteiger partial charge on any atom is 0.133 e. The molecule has 1 aliphatic rings. The van der Waals surface area contributed by atoms with Crippen molar-refractivity contribution < 1.29 is 4.79 Å². The predicted octanol–water partition coefficient (Wildman–Crippen LogP) is 2.41. The maximum atomic E-state index is 11.3. The number of fused-ring (bicyclic) bond motifs is 1. The molecule has 1 heterocycles. The third kappa shape index (κ3) is 2.70. The molecule has 1 aromatic carbocycles. The van der Waals surface area contributed by atoms with E-state index < -0.39 is 0 Å². The van der Waals surface area contributed by atoms with Gasteiger partial charge in [-0.15, -0.1) is 0 Å². The van der Waals surface area contributed by atoms with Gasteiger partial charge in [-0.25, -0.2) is 0 Å². The molecule has 16 heavy (non-hydrogen) atoms. The summed E-state index contributed by atoms with van der Waals surface area (Å²) < 4.78 is 0. The molecule has 0 saturated heterocycles. The Bertz CT molecular complexity index is 373. The van der Waals surface area contributed by atoms with Crippen LogP contribution < -0.4 is 0 Å². The van der Waals surface area contributed by atoms with Gasteiger partial charge >= 0.3 is 0 Å². The number of nitrogens with zero attached hydrogens (tertiary/aromatic N) is 1. The zero-order valence-electron chi connectivity index (χ0n) is 9.91. The summed E-state index contributed by atoms with van der Waals surface area (Å²) >= 11 is 0. The number of carbonyl (C=O) groups is 1. The molecular weight excluding hydrogens is 198 g/mol. The average molecular weight is 217 g/mol. The van der Waals surface area contributed by atoms with Gasteiger partial charge < -0.3 is 0 Å². The van der Waals surface area contributed by atoms with E-state index in [1.165, 1.54) is 11.1 Å². The second-order valence-corrected chi connectivity index (χ2v) is 4.44. The number of ketones is 1. The highest BCUT2D eigenvalue weighted by atomic mass is 16.1. The largest absolute Gasteiger partial charge is 0.300 e. The quantitative estimate of drug-likeness (QED) is 0.772. The van der Waals surface area contributed by atoms with Gasteiger partial charge in [0.1, 0.15) is 5.78 Å². The highest BCUT2D eigenvalue weighted by Crippen LogP contribution is 2.18. The van der Waals surface area contributed by atoms with Gasteiger partial charge in [0.05, 0.1) is 0 Å². The predicted molar refractivity (Wildman–Crippen MR) is 65.3 cm³/mol. The Balaban J connectivity index is 1.90. The summed E-state index contributed by atoms with van der Waals surface area (Å²) in [5.74, 6) is 0.374. The normalized spacial score (nSPS) is 15.8. The zero-order chi connectivity index (χ0) is 11.4. The van der Waals surface area contributed by atoms with Crippen molar-refractivity contribution in [3.8, 4) is 0 Å². The minimum absolute atomic E-state index is 0.374. The third-order valence-corrected chi connectivity index (χ3v) is 3.31. The number of hydrogen-bond acceptors (Lipinski definition) is 2. The summed E-state index contributed by atoms with van der Waals surface area (Å²) in [4.78, 5) is 13.7. The minimum atomic E-state index is 0.374. The first-order valence-corrected chi connectivity index (χ1v) is 6.10. The van der Waals surface area contributed by atoms with Gasteiger partial charge in [0.25, 0.3) is 0 Å². The maximum absolute atomic E-state index is 11.3. The van der Waals surface area contributed by atoms with Gasteiger partial charge in [0.15, 0.2) is 0 Å². The smallest absolute Gasteiger partial charge is 0.133 e. The Hall–Kier alpha value is -1.15. The summed E-state index contributed by atoms with van der Waals surface area (Å²) in [6.45, 7) is 4.95. The molecule has 0 unspecified atom stereocenters. The van der Waals surface area contributed by atoms with Gasteiger partial charge in [-0.3, -0.25) is 9.69 Å². The van der Waals surface area contributed by atoms with E-state index in [1.807, 2.05) is 6.92 Å². The Morgan fingerprint density at radius 3 is 2.81 bits per heavy atom. The minimum Gasteiger partial charge on any atom is -0.300 e. The van der Waals surface area contributed by atoms with Crippen molar-refractivity contribution in [2.45, 2.75) is 32.7 Å². The van der Waals surface area contributed by atoms with Crippen LogP contribution in [0, 0.1) is 0 Å². The summed E-state index contributed by atoms with van der Waals surface area (Å²) in [5.41, 5.74) is 2.90. The molecular formula is C14H19NO. The van der Waals surface area contributed by atoms with Crippen molar-refractivity contribution >= 4 is 5.78 Å². The second kappa shape index (κ2) is 5.26. The molecule has 0 aromatic heterocycles. The highest BCUT2D eigenvalue weighted by Gasteiger charge is 2.15. The number of Topliss-reactive ketones (excluding diaryl/α,β-unsaturated/α-hetero) is 1. The average Bonchev–Trinajstić information content (AvgIpc) is 2.35. The van der Waals surface area contributed by atoms with Gasteiger partial charge in [-0.1, -0.05) is 31.2 Å². The van der Waals surface area contributed by atoms with Crippen LogP contribution in [0.1, 0.15) is 30.9 Å². The lowest BCUT2D eigenvalue weighted by molar-refractivity contribution is -0.119. The fourth-order valence-electron chi connectivity index (χ4n) is 2.20. The number of carbonyl (C=O) groups excluding carboxylic acids is 1. The summed E-state index contributed by atoms with van der Waals surface area (Å²) in [7, 11) is 0. The first kappa shape index (κ1) is 11.3. The van der Waals surface area contributed by atoms with Crippen LogP contribution >= 0.6 is 0 Å². The van der Waals surface area contributed by atoms with Gasteiger partial charge in [0, 0.05) is 32.5 Å². The third-order valence-electron chi connectivity index (χ3n) is 3.31. The van der Waals surface area contributed by atoms with Crippen LogP contribution in [-0.4, -0.2) is 23.8 Å². The van der Waals surface area contributed by atoms with Crippen LogP contribution in [0.5, 0.6) is 0 Å². The van der Waals surface area contributed by atoms with E-state index in [0.29, 0.717) is 18.6 Å². The molecule has 0 N–H and O–H groups in total.